The standard InChI is InChI=1S/C15H17N5S/c1-12-11-21-15(18-12)7-8-16-9-13-10-17-20(19-13)14-5-3-2-4-6-14/h2-6,10-11,16H,7-9H2,1H3. The first-order valence-corrected chi connectivity index (χ1v) is 7.77. The Morgan fingerprint density at radius 1 is 1.24 bits per heavy atom. The predicted molar refractivity (Wildman–Crippen MR) is 83.6 cm³/mol. The second-order valence-corrected chi connectivity index (χ2v) is 5.71. The summed E-state index contributed by atoms with van der Waals surface area (Å²) in [4.78, 5) is 6.10. The molecule has 3 aromatic rings. The summed E-state index contributed by atoms with van der Waals surface area (Å²) in [6.45, 7) is 3.64. The minimum absolute atomic E-state index is 0.719. The molecule has 0 saturated carbocycles. The number of hydrogen-bond donors (Lipinski definition) is 1. The van der Waals surface area contributed by atoms with Gasteiger partial charge in [-0.05, 0) is 19.1 Å². The average Bonchev–Trinajstić information content (AvgIpc) is 3.14. The average molecular weight is 299 g/mol. The second kappa shape index (κ2) is 6.60. The summed E-state index contributed by atoms with van der Waals surface area (Å²) in [5.41, 5.74) is 3.01. The molecule has 1 N–H and O–H groups in total. The highest BCUT2D eigenvalue weighted by molar-refractivity contribution is 7.09. The fourth-order valence-corrected chi connectivity index (χ4v) is 2.77. The van der Waals surface area contributed by atoms with E-state index in [0.717, 1.165) is 36.6 Å². The van der Waals surface area contributed by atoms with Crippen molar-refractivity contribution in [3.8, 4) is 5.69 Å². The zero-order chi connectivity index (χ0) is 14.5. The van der Waals surface area contributed by atoms with Crippen molar-refractivity contribution in [3.05, 3.63) is 58.3 Å². The van der Waals surface area contributed by atoms with Crippen LogP contribution in [0, 0.1) is 6.92 Å². The third kappa shape index (κ3) is 3.74. The van der Waals surface area contributed by atoms with Gasteiger partial charge in [-0.25, -0.2) is 4.98 Å². The van der Waals surface area contributed by atoms with E-state index in [2.05, 4.69) is 25.9 Å². The van der Waals surface area contributed by atoms with Gasteiger partial charge in [0.2, 0.25) is 0 Å². The molecule has 2 heterocycles. The number of aryl methyl sites for hydroxylation is 1. The Morgan fingerprint density at radius 2 is 2.10 bits per heavy atom. The molecule has 0 saturated heterocycles. The number of rotatable bonds is 6. The van der Waals surface area contributed by atoms with Crippen molar-refractivity contribution in [2.75, 3.05) is 6.54 Å². The molecule has 0 radical (unpaired) electrons. The highest BCUT2D eigenvalue weighted by atomic mass is 32.1. The number of nitrogens with one attached hydrogen (secondary N) is 1. The van der Waals surface area contributed by atoms with Crippen molar-refractivity contribution >= 4 is 11.3 Å². The third-order valence-electron chi connectivity index (χ3n) is 3.01. The molecule has 0 amide bonds. The number of aromatic nitrogens is 4. The molecule has 6 heteroatoms. The Hall–Kier alpha value is -2.05. The number of hydrogen-bond acceptors (Lipinski definition) is 5. The van der Waals surface area contributed by atoms with Crippen molar-refractivity contribution in [1.82, 2.24) is 25.3 Å². The van der Waals surface area contributed by atoms with E-state index in [1.807, 2.05) is 37.3 Å². The van der Waals surface area contributed by atoms with Crippen LogP contribution in [0.2, 0.25) is 0 Å². The second-order valence-electron chi connectivity index (χ2n) is 4.77. The van der Waals surface area contributed by atoms with Crippen LogP contribution in [-0.2, 0) is 13.0 Å². The zero-order valence-corrected chi connectivity index (χ0v) is 12.7. The van der Waals surface area contributed by atoms with E-state index in [4.69, 9.17) is 0 Å². The molecule has 0 atom stereocenters. The fourth-order valence-electron chi connectivity index (χ4n) is 1.99. The lowest BCUT2D eigenvalue weighted by molar-refractivity contribution is 0.658. The van der Waals surface area contributed by atoms with Crippen molar-refractivity contribution in [2.45, 2.75) is 19.9 Å². The molecule has 0 unspecified atom stereocenters. The van der Waals surface area contributed by atoms with Gasteiger partial charge < -0.3 is 5.32 Å². The van der Waals surface area contributed by atoms with Gasteiger partial charge in [0.15, 0.2) is 0 Å². The van der Waals surface area contributed by atoms with Gasteiger partial charge in [0, 0.05) is 30.6 Å². The molecule has 0 aliphatic rings. The lowest BCUT2D eigenvalue weighted by atomic mass is 10.3. The van der Waals surface area contributed by atoms with E-state index in [0.29, 0.717) is 0 Å². The highest BCUT2D eigenvalue weighted by Gasteiger charge is 2.03. The first-order chi connectivity index (χ1) is 10.3. The van der Waals surface area contributed by atoms with Crippen LogP contribution in [0.4, 0.5) is 0 Å². The Morgan fingerprint density at radius 3 is 2.86 bits per heavy atom. The van der Waals surface area contributed by atoms with Crippen LogP contribution in [0.25, 0.3) is 5.69 Å². The lowest BCUT2D eigenvalue weighted by Gasteiger charge is -2.00. The topological polar surface area (TPSA) is 55.6 Å². The lowest BCUT2D eigenvalue weighted by Crippen LogP contribution is -2.17. The number of benzene rings is 1. The van der Waals surface area contributed by atoms with Crippen LogP contribution < -0.4 is 5.32 Å². The van der Waals surface area contributed by atoms with Crippen molar-refractivity contribution in [2.24, 2.45) is 0 Å². The number of para-hydroxylation sites is 1. The number of thiazole rings is 1. The van der Waals surface area contributed by atoms with Crippen LogP contribution in [0.1, 0.15) is 16.4 Å². The molecule has 0 spiro atoms. The number of nitrogens with zero attached hydrogens (tertiary/aromatic N) is 4. The van der Waals surface area contributed by atoms with Crippen molar-refractivity contribution < 1.29 is 0 Å². The van der Waals surface area contributed by atoms with Crippen LogP contribution in [0.3, 0.4) is 0 Å². The van der Waals surface area contributed by atoms with E-state index in [1.165, 1.54) is 5.01 Å². The van der Waals surface area contributed by atoms with E-state index in [9.17, 15) is 0 Å². The summed E-state index contributed by atoms with van der Waals surface area (Å²) >= 11 is 1.71. The normalized spacial score (nSPS) is 10.9. The van der Waals surface area contributed by atoms with Gasteiger partial charge in [0.1, 0.15) is 0 Å². The van der Waals surface area contributed by atoms with Gasteiger partial charge in [-0.2, -0.15) is 15.0 Å². The van der Waals surface area contributed by atoms with Gasteiger partial charge in [-0.3, -0.25) is 0 Å². The van der Waals surface area contributed by atoms with Gasteiger partial charge in [-0.1, -0.05) is 18.2 Å². The van der Waals surface area contributed by atoms with Crippen LogP contribution in [0.15, 0.2) is 41.9 Å². The molecule has 5 nitrogen and oxygen atoms in total. The Bertz CT molecular complexity index is 689. The monoisotopic (exact) mass is 299 g/mol. The van der Waals surface area contributed by atoms with Crippen LogP contribution in [-0.4, -0.2) is 26.5 Å². The Labute approximate surface area is 127 Å². The molecule has 3 rings (SSSR count). The third-order valence-corrected chi connectivity index (χ3v) is 4.04. The molecular formula is C15H17N5S. The first-order valence-electron chi connectivity index (χ1n) is 6.89. The van der Waals surface area contributed by atoms with E-state index in [1.54, 1.807) is 22.3 Å². The summed E-state index contributed by atoms with van der Waals surface area (Å²) in [5, 5.41) is 15.4. The van der Waals surface area contributed by atoms with Gasteiger partial charge in [0.25, 0.3) is 0 Å². The molecule has 0 fully saturated rings. The van der Waals surface area contributed by atoms with Gasteiger partial charge in [-0.15, -0.1) is 11.3 Å². The first kappa shape index (κ1) is 13.9. The molecule has 1 aromatic carbocycles. The van der Waals surface area contributed by atoms with Gasteiger partial charge >= 0.3 is 0 Å². The van der Waals surface area contributed by atoms with E-state index >= 15 is 0 Å². The van der Waals surface area contributed by atoms with Gasteiger partial charge in [0.05, 0.1) is 22.6 Å². The zero-order valence-electron chi connectivity index (χ0n) is 11.9. The summed E-state index contributed by atoms with van der Waals surface area (Å²) in [5.74, 6) is 0. The minimum Gasteiger partial charge on any atom is -0.311 e. The van der Waals surface area contributed by atoms with Crippen LogP contribution in [0.5, 0.6) is 0 Å². The maximum Gasteiger partial charge on any atom is 0.0969 e. The summed E-state index contributed by atoms with van der Waals surface area (Å²) in [7, 11) is 0. The quantitative estimate of drug-likeness (QED) is 0.710. The summed E-state index contributed by atoms with van der Waals surface area (Å²) in [6.07, 6.45) is 2.75. The van der Waals surface area contributed by atoms with Crippen LogP contribution >= 0.6 is 11.3 Å². The maximum atomic E-state index is 4.46. The smallest absolute Gasteiger partial charge is 0.0969 e. The van der Waals surface area contributed by atoms with Crippen molar-refractivity contribution in [3.63, 3.8) is 0 Å². The molecule has 0 aliphatic heterocycles. The summed E-state index contributed by atoms with van der Waals surface area (Å²) < 4.78 is 0. The Balaban J connectivity index is 1.49. The maximum absolute atomic E-state index is 4.46. The Kier molecular flexibility index (Phi) is 4.37. The molecule has 0 aliphatic carbocycles. The highest BCUT2D eigenvalue weighted by Crippen LogP contribution is 2.08. The summed E-state index contributed by atoms with van der Waals surface area (Å²) in [6, 6.07) is 9.92. The van der Waals surface area contributed by atoms with E-state index < -0.39 is 0 Å². The van der Waals surface area contributed by atoms with E-state index in [-0.39, 0.29) is 0 Å². The molecule has 2 aromatic heterocycles. The molecule has 108 valence electrons. The van der Waals surface area contributed by atoms with Crippen molar-refractivity contribution in [1.29, 1.82) is 0 Å². The molecular weight excluding hydrogens is 282 g/mol. The minimum atomic E-state index is 0.719. The SMILES string of the molecule is Cc1csc(CCNCc2cnn(-c3ccccc3)n2)n1. The molecule has 0 bridgehead atoms. The predicted octanol–water partition coefficient (Wildman–Crippen LogP) is 2.36. The largest absolute Gasteiger partial charge is 0.311 e. The fraction of sp³-hybridized carbons (Fsp3) is 0.267. The molecule has 21 heavy (non-hydrogen) atoms.